The van der Waals surface area contributed by atoms with Gasteiger partial charge in [-0.25, -0.2) is 9.37 Å². The number of benzene rings is 1. The second-order valence-electron chi connectivity index (χ2n) is 3.57. The van der Waals surface area contributed by atoms with E-state index in [1.807, 2.05) is 31.2 Å². The summed E-state index contributed by atoms with van der Waals surface area (Å²) < 4.78 is 14.5. The van der Waals surface area contributed by atoms with Crippen LogP contribution in [0.1, 0.15) is 17.7 Å². The zero-order chi connectivity index (χ0) is 12.3. The number of hydrogen-bond donors (Lipinski definition) is 0. The summed E-state index contributed by atoms with van der Waals surface area (Å²) in [5, 5.41) is 0.908. The minimum absolute atomic E-state index is 0.0300. The summed E-state index contributed by atoms with van der Waals surface area (Å²) in [4.78, 5) is 4.27. The van der Waals surface area contributed by atoms with Crippen LogP contribution in [0.2, 0.25) is 0 Å². The summed E-state index contributed by atoms with van der Waals surface area (Å²) in [6, 6.07) is 10.6. The molecule has 0 N–H and O–H groups in total. The van der Waals surface area contributed by atoms with Crippen molar-refractivity contribution < 1.29 is 4.39 Å². The highest BCUT2D eigenvalue weighted by Gasteiger charge is 2.13. The molecule has 1 atom stereocenters. The maximum atomic E-state index is 13.6. The minimum atomic E-state index is -0.167. The van der Waals surface area contributed by atoms with Gasteiger partial charge in [-0.3, -0.25) is 0 Å². The van der Waals surface area contributed by atoms with E-state index < -0.39 is 0 Å². The van der Waals surface area contributed by atoms with E-state index in [4.69, 9.17) is 0 Å². The second-order valence-corrected chi connectivity index (χ2v) is 5.76. The Kier molecular flexibility index (Phi) is 4.18. The molecular formula is C13H11BrFNS. The van der Waals surface area contributed by atoms with Crippen LogP contribution in [0.5, 0.6) is 0 Å². The molecule has 1 aromatic heterocycles. The third-order valence-corrected chi connectivity index (χ3v) is 4.41. The lowest BCUT2D eigenvalue weighted by Gasteiger charge is -2.12. The average molecular weight is 312 g/mol. The standard InChI is InChI=1S/C13H11BrFNS/c1-9(10-5-2-3-7-12(10)15)17-13-11(14)6-4-8-16-13/h2-9H,1H3/t9-/m1/s1. The molecule has 1 heterocycles. The molecule has 0 fully saturated rings. The quantitative estimate of drug-likeness (QED) is 0.752. The average Bonchev–Trinajstić information content (AvgIpc) is 2.32. The lowest BCUT2D eigenvalue weighted by Crippen LogP contribution is -1.94. The molecule has 0 amide bonds. The van der Waals surface area contributed by atoms with Crippen LogP contribution in [-0.2, 0) is 0 Å². The van der Waals surface area contributed by atoms with Crippen LogP contribution in [0.15, 0.2) is 52.1 Å². The fourth-order valence-corrected chi connectivity index (χ4v) is 2.98. The highest BCUT2D eigenvalue weighted by Crippen LogP contribution is 2.37. The summed E-state index contributed by atoms with van der Waals surface area (Å²) in [6.45, 7) is 1.98. The molecular weight excluding hydrogens is 301 g/mol. The minimum Gasteiger partial charge on any atom is -0.249 e. The van der Waals surface area contributed by atoms with Crippen molar-refractivity contribution in [2.75, 3.05) is 0 Å². The van der Waals surface area contributed by atoms with Crippen LogP contribution in [0, 0.1) is 5.82 Å². The van der Waals surface area contributed by atoms with Crippen molar-refractivity contribution in [2.45, 2.75) is 17.2 Å². The molecule has 88 valence electrons. The van der Waals surface area contributed by atoms with Crippen molar-refractivity contribution >= 4 is 27.7 Å². The van der Waals surface area contributed by atoms with E-state index in [1.165, 1.54) is 17.8 Å². The zero-order valence-electron chi connectivity index (χ0n) is 9.23. The van der Waals surface area contributed by atoms with E-state index in [2.05, 4.69) is 20.9 Å². The van der Waals surface area contributed by atoms with Crippen LogP contribution in [0.3, 0.4) is 0 Å². The van der Waals surface area contributed by atoms with E-state index >= 15 is 0 Å². The summed E-state index contributed by atoms with van der Waals surface area (Å²) in [7, 11) is 0. The van der Waals surface area contributed by atoms with Gasteiger partial charge in [-0.05, 0) is 41.1 Å². The topological polar surface area (TPSA) is 12.9 Å². The van der Waals surface area contributed by atoms with Crippen LogP contribution < -0.4 is 0 Å². The third-order valence-electron chi connectivity index (χ3n) is 2.36. The summed E-state index contributed by atoms with van der Waals surface area (Å²) in [5.41, 5.74) is 0.704. The Hall–Kier alpha value is -0.870. The first-order valence-corrected chi connectivity index (χ1v) is 6.87. The van der Waals surface area contributed by atoms with Crippen LogP contribution in [0.4, 0.5) is 4.39 Å². The van der Waals surface area contributed by atoms with Gasteiger partial charge in [0.05, 0.1) is 0 Å². The predicted molar refractivity (Wildman–Crippen MR) is 72.6 cm³/mol. The molecule has 0 aliphatic rings. The van der Waals surface area contributed by atoms with Gasteiger partial charge in [0, 0.05) is 21.5 Å². The Morgan fingerprint density at radius 1 is 1.24 bits per heavy atom. The summed E-state index contributed by atoms with van der Waals surface area (Å²) in [5.74, 6) is -0.167. The number of pyridine rings is 1. The van der Waals surface area contributed by atoms with Gasteiger partial charge >= 0.3 is 0 Å². The molecule has 1 nitrogen and oxygen atoms in total. The van der Waals surface area contributed by atoms with Crippen LogP contribution >= 0.6 is 27.7 Å². The van der Waals surface area contributed by atoms with E-state index in [-0.39, 0.29) is 11.1 Å². The van der Waals surface area contributed by atoms with Gasteiger partial charge in [-0.15, -0.1) is 0 Å². The number of nitrogens with zero attached hydrogens (tertiary/aromatic N) is 1. The van der Waals surface area contributed by atoms with Crippen LogP contribution in [-0.4, -0.2) is 4.98 Å². The molecule has 0 aliphatic heterocycles. The van der Waals surface area contributed by atoms with Gasteiger partial charge in [0.25, 0.3) is 0 Å². The summed E-state index contributed by atoms with van der Waals surface area (Å²) >= 11 is 4.98. The molecule has 0 radical (unpaired) electrons. The number of halogens is 2. The van der Waals surface area contributed by atoms with Crippen molar-refractivity contribution in [2.24, 2.45) is 0 Å². The molecule has 0 unspecified atom stereocenters. The first kappa shape index (κ1) is 12.6. The molecule has 2 aromatic rings. The van der Waals surface area contributed by atoms with Gasteiger partial charge in [-0.2, -0.15) is 0 Å². The Morgan fingerprint density at radius 3 is 2.71 bits per heavy atom. The highest BCUT2D eigenvalue weighted by molar-refractivity contribution is 9.10. The number of aromatic nitrogens is 1. The van der Waals surface area contributed by atoms with Crippen LogP contribution in [0.25, 0.3) is 0 Å². The van der Waals surface area contributed by atoms with Crippen molar-refractivity contribution in [1.29, 1.82) is 0 Å². The summed E-state index contributed by atoms with van der Waals surface area (Å²) in [6.07, 6.45) is 1.74. The molecule has 1 aromatic carbocycles. The normalized spacial score (nSPS) is 12.4. The van der Waals surface area contributed by atoms with E-state index in [0.717, 1.165) is 9.50 Å². The Labute approximate surface area is 113 Å². The molecule has 0 saturated carbocycles. The smallest absolute Gasteiger partial charge is 0.127 e. The molecule has 0 spiro atoms. The molecule has 0 bridgehead atoms. The van der Waals surface area contributed by atoms with Gasteiger partial charge in [0.15, 0.2) is 0 Å². The number of hydrogen-bond acceptors (Lipinski definition) is 2. The molecule has 4 heteroatoms. The van der Waals surface area contributed by atoms with Crippen molar-refractivity contribution in [3.8, 4) is 0 Å². The number of rotatable bonds is 3. The lowest BCUT2D eigenvalue weighted by molar-refractivity contribution is 0.611. The first-order valence-electron chi connectivity index (χ1n) is 5.20. The molecule has 0 saturated heterocycles. The van der Waals surface area contributed by atoms with E-state index in [1.54, 1.807) is 12.3 Å². The van der Waals surface area contributed by atoms with E-state index in [0.29, 0.717) is 5.56 Å². The third kappa shape index (κ3) is 3.07. The molecule has 17 heavy (non-hydrogen) atoms. The Balaban J connectivity index is 2.20. The Morgan fingerprint density at radius 2 is 2.00 bits per heavy atom. The largest absolute Gasteiger partial charge is 0.249 e. The van der Waals surface area contributed by atoms with Gasteiger partial charge in [-0.1, -0.05) is 30.0 Å². The van der Waals surface area contributed by atoms with Crippen molar-refractivity contribution in [1.82, 2.24) is 4.98 Å². The number of thioether (sulfide) groups is 1. The second kappa shape index (κ2) is 5.65. The van der Waals surface area contributed by atoms with Crippen molar-refractivity contribution in [3.63, 3.8) is 0 Å². The maximum Gasteiger partial charge on any atom is 0.127 e. The maximum absolute atomic E-state index is 13.6. The van der Waals surface area contributed by atoms with E-state index in [9.17, 15) is 4.39 Å². The van der Waals surface area contributed by atoms with Gasteiger partial charge in [0.2, 0.25) is 0 Å². The van der Waals surface area contributed by atoms with Crippen molar-refractivity contribution in [3.05, 3.63) is 58.4 Å². The highest BCUT2D eigenvalue weighted by atomic mass is 79.9. The SMILES string of the molecule is C[C@@H](Sc1ncccc1Br)c1ccccc1F. The fourth-order valence-electron chi connectivity index (χ4n) is 1.49. The predicted octanol–water partition coefficient (Wildman–Crippen LogP) is 4.84. The lowest BCUT2D eigenvalue weighted by atomic mass is 10.1. The fraction of sp³-hybridized carbons (Fsp3) is 0.154. The Bertz CT molecular complexity index is 518. The van der Waals surface area contributed by atoms with Gasteiger partial charge in [0.1, 0.15) is 10.8 Å². The first-order chi connectivity index (χ1) is 8.18. The van der Waals surface area contributed by atoms with Gasteiger partial charge < -0.3 is 0 Å². The molecule has 0 aliphatic carbocycles. The zero-order valence-corrected chi connectivity index (χ0v) is 11.6. The monoisotopic (exact) mass is 311 g/mol. The molecule has 2 rings (SSSR count).